The lowest BCUT2D eigenvalue weighted by Crippen LogP contribution is -2.40. The number of hydrogen-bond acceptors (Lipinski definition) is 5. The third-order valence-corrected chi connectivity index (χ3v) is 6.46. The van der Waals surface area contributed by atoms with Crippen molar-refractivity contribution in [2.24, 2.45) is 11.3 Å². The number of rotatable bonds is 3. The highest BCUT2D eigenvalue weighted by atomic mass is 16.3. The molecule has 1 aliphatic heterocycles. The number of nitrogens with one attached hydrogen (secondary N) is 1. The van der Waals surface area contributed by atoms with Gasteiger partial charge in [0.05, 0.1) is 17.8 Å². The standard InChI is InChI=1S/C21H32N4O2/c1-21(2)11-17(23-19(27)14-5-3-4-6-14)16-13-22-20(24-18(16)12-21)25-9-7-15(26)8-10-25/h13-15,17,26H,3-12H2,1-2H3,(H,23,27)/t17-/m0/s1. The Morgan fingerprint density at radius 1 is 1.22 bits per heavy atom. The van der Waals surface area contributed by atoms with Crippen molar-refractivity contribution in [1.29, 1.82) is 0 Å². The van der Waals surface area contributed by atoms with Crippen LogP contribution < -0.4 is 10.2 Å². The maximum absolute atomic E-state index is 12.7. The molecule has 6 heteroatoms. The predicted molar refractivity (Wildman–Crippen MR) is 104 cm³/mol. The van der Waals surface area contributed by atoms with E-state index in [2.05, 4.69) is 29.0 Å². The van der Waals surface area contributed by atoms with E-state index in [4.69, 9.17) is 4.98 Å². The number of carbonyl (C=O) groups is 1. The summed E-state index contributed by atoms with van der Waals surface area (Å²) in [6, 6.07) is 0.00841. The van der Waals surface area contributed by atoms with Crippen LogP contribution in [0.3, 0.4) is 0 Å². The van der Waals surface area contributed by atoms with Crippen LogP contribution in [0.15, 0.2) is 6.20 Å². The number of aliphatic hydroxyl groups excluding tert-OH is 1. The van der Waals surface area contributed by atoms with Crippen molar-refractivity contribution in [3.05, 3.63) is 17.5 Å². The molecule has 1 aromatic rings. The smallest absolute Gasteiger partial charge is 0.225 e. The average Bonchev–Trinajstić information content (AvgIpc) is 3.15. The summed E-state index contributed by atoms with van der Waals surface area (Å²) in [5.41, 5.74) is 2.25. The molecule has 0 unspecified atom stereocenters. The molecule has 2 N–H and O–H groups in total. The van der Waals surface area contributed by atoms with E-state index in [0.29, 0.717) is 0 Å². The van der Waals surface area contributed by atoms with Crippen LogP contribution in [0.25, 0.3) is 0 Å². The first-order chi connectivity index (χ1) is 12.9. The molecule has 1 amide bonds. The quantitative estimate of drug-likeness (QED) is 0.853. The molecule has 2 fully saturated rings. The van der Waals surface area contributed by atoms with Gasteiger partial charge in [0.1, 0.15) is 0 Å². The summed E-state index contributed by atoms with van der Waals surface area (Å²) in [4.78, 5) is 24.4. The summed E-state index contributed by atoms with van der Waals surface area (Å²) in [6.07, 6.45) is 9.48. The van der Waals surface area contributed by atoms with E-state index in [1.165, 1.54) is 12.8 Å². The third-order valence-electron chi connectivity index (χ3n) is 6.46. The SMILES string of the molecule is CC1(C)Cc2nc(N3CCC(O)CC3)ncc2[C@@H](NC(=O)C2CCCC2)C1. The number of amides is 1. The van der Waals surface area contributed by atoms with E-state index in [0.717, 1.165) is 68.8 Å². The number of fused-ring (bicyclic) bond motifs is 1. The van der Waals surface area contributed by atoms with Crippen molar-refractivity contribution in [3.63, 3.8) is 0 Å². The van der Waals surface area contributed by atoms with Gasteiger partial charge >= 0.3 is 0 Å². The zero-order chi connectivity index (χ0) is 19.0. The molecule has 2 heterocycles. The van der Waals surface area contributed by atoms with Gasteiger partial charge in [-0.1, -0.05) is 26.7 Å². The molecular weight excluding hydrogens is 340 g/mol. The Morgan fingerprint density at radius 2 is 1.93 bits per heavy atom. The second-order valence-electron chi connectivity index (χ2n) is 9.38. The number of aliphatic hydroxyl groups is 1. The van der Waals surface area contributed by atoms with E-state index < -0.39 is 0 Å². The Kier molecular flexibility index (Phi) is 5.10. The molecule has 2 aliphatic carbocycles. The van der Waals surface area contributed by atoms with Crippen molar-refractivity contribution >= 4 is 11.9 Å². The third kappa shape index (κ3) is 4.10. The van der Waals surface area contributed by atoms with Crippen LogP contribution in [0.1, 0.15) is 76.1 Å². The van der Waals surface area contributed by atoms with Crippen LogP contribution in [0, 0.1) is 11.3 Å². The first-order valence-corrected chi connectivity index (χ1v) is 10.5. The first kappa shape index (κ1) is 18.7. The summed E-state index contributed by atoms with van der Waals surface area (Å²) in [5, 5.41) is 13.0. The lowest BCUT2D eigenvalue weighted by molar-refractivity contribution is -0.125. The summed E-state index contributed by atoms with van der Waals surface area (Å²) in [6.45, 7) is 6.10. The van der Waals surface area contributed by atoms with E-state index in [9.17, 15) is 9.90 Å². The fourth-order valence-corrected chi connectivity index (χ4v) is 4.86. The molecule has 148 valence electrons. The van der Waals surface area contributed by atoms with Gasteiger partial charge in [0.2, 0.25) is 11.9 Å². The van der Waals surface area contributed by atoms with Gasteiger partial charge in [-0.2, -0.15) is 0 Å². The van der Waals surface area contributed by atoms with Gasteiger partial charge in [0.15, 0.2) is 0 Å². The van der Waals surface area contributed by atoms with Crippen LogP contribution in [-0.4, -0.2) is 40.2 Å². The molecular formula is C21H32N4O2. The Morgan fingerprint density at radius 3 is 2.63 bits per heavy atom. The number of nitrogens with zero attached hydrogens (tertiary/aromatic N) is 3. The number of aromatic nitrogens is 2. The molecule has 1 atom stereocenters. The van der Waals surface area contributed by atoms with E-state index in [1.807, 2.05) is 6.20 Å². The summed E-state index contributed by atoms with van der Waals surface area (Å²) in [7, 11) is 0. The normalized spacial score (nSPS) is 26.0. The minimum atomic E-state index is -0.201. The highest BCUT2D eigenvalue weighted by molar-refractivity contribution is 5.79. The molecule has 27 heavy (non-hydrogen) atoms. The van der Waals surface area contributed by atoms with Gasteiger partial charge in [-0.15, -0.1) is 0 Å². The maximum atomic E-state index is 12.7. The molecule has 0 radical (unpaired) electrons. The highest BCUT2D eigenvalue weighted by Gasteiger charge is 2.36. The molecule has 0 spiro atoms. The highest BCUT2D eigenvalue weighted by Crippen LogP contribution is 2.40. The summed E-state index contributed by atoms with van der Waals surface area (Å²) >= 11 is 0. The number of carbonyl (C=O) groups excluding carboxylic acids is 1. The summed E-state index contributed by atoms with van der Waals surface area (Å²) in [5.74, 6) is 1.15. The lowest BCUT2D eigenvalue weighted by Gasteiger charge is -2.37. The monoisotopic (exact) mass is 372 g/mol. The molecule has 1 saturated carbocycles. The zero-order valence-corrected chi connectivity index (χ0v) is 16.6. The molecule has 0 aromatic carbocycles. The van der Waals surface area contributed by atoms with Gasteiger partial charge in [0, 0.05) is 30.8 Å². The van der Waals surface area contributed by atoms with Crippen molar-refractivity contribution in [2.45, 2.75) is 77.4 Å². The Labute approximate surface area is 161 Å². The van der Waals surface area contributed by atoms with Crippen molar-refractivity contribution in [1.82, 2.24) is 15.3 Å². The van der Waals surface area contributed by atoms with Gasteiger partial charge in [0.25, 0.3) is 0 Å². The number of piperidine rings is 1. The van der Waals surface area contributed by atoms with Gasteiger partial charge in [-0.05, 0) is 43.9 Å². The first-order valence-electron chi connectivity index (χ1n) is 10.5. The topological polar surface area (TPSA) is 78.3 Å². The molecule has 4 rings (SSSR count). The minimum absolute atomic E-state index is 0.00841. The predicted octanol–water partition coefficient (Wildman–Crippen LogP) is 2.76. The van der Waals surface area contributed by atoms with Gasteiger partial charge in [-0.3, -0.25) is 4.79 Å². The lowest BCUT2D eigenvalue weighted by atomic mass is 9.74. The van der Waals surface area contributed by atoms with Crippen LogP contribution in [0.4, 0.5) is 5.95 Å². The minimum Gasteiger partial charge on any atom is -0.393 e. The van der Waals surface area contributed by atoms with Crippen LogP contribution in [-0.2, 0) is 11.2 Å². The zero-order valence-electron chi connectivity index (χ0n) is 16.6. The van der Waals surface area contributed by atoms with Crippen LogP contribution in [0.5, 0.6) is 0 Å². The van der Waals surface area contributed by atoms with Crippen molar-refractivity contribution < 1.29 is 9.90 Å². The Balaban J connectivity index is 1.54. The Bertz CT molecular complexity index is 691. The van der Waals surface area contributed by atoms with Crippen molar-refractivity contribution in [2.75, 3.05) is 18.0 Å². The second kappa shape index (κ2) is 7.38. The van der Waals surface area contributed by atoms with Crippen molar-refractivity contribution in [3.8, 4) is 0 Å². The molecule has 6 nitrogen and oxygen atoms in total. The van der Waals surface area contributed by atoms with E-state index in [1.54, 1.807) is 0 Å². The molecule has 1 saturated heterocycles. The fraction of sp³-hybridized carbons (Fsp3) is 0.762. The number of hydrogen-bond donors (Lipinski definition) is 2. The average molecular weight is 373 g/mol. The Hall–Kier alpha value is -1.69. The molecule has 1 aromatic heterocycles. The number of anilines is 1. The summed E-state index contributed by atoms with van der Waals surface area (Å²) < 4.78 is 0. The largest absolute Gasteiger partial charge is 0.393 e. The van der Waals surface area contributed by atoms with Crippen LogP contribution >= 0.6 is 0 Å². The van der Waals surface area contributed by atoms with Gasteiger partial charge < -0.3 is 15.3 Å². The van der Waals surface area contributed by atoms with E-state index >= 15 is 0 Å². The van der Waals surface area contributed by atoms with E-state index in [-0.39, 0.29) is 29.4 Å². The molecule has 0 bridgehead atoms. The van der Waals surface area contributed by atoms with Crippen LogP contribution in [0.2, 0.25) is 0 Å². The maximum Gasteiger partial charge on any atom is 0.225 e. The molecule has 3 aliphatic rings. The second-order valence-corrected chi connectivity index (χ2v) is 9.38. The van der Waals surface area contributed by atoms with Gasteiger partial charge in [-0.25, -0.2) is 9.97 Å². The fourth-order valence-electron chi connectivity index (χ4n) is 4.86.